The summed E-state index contributed by atoms with van der Waals surface area (Å²) in [7, 11) is 0. The minimum atomic E-state index is -0.109. The van der Waals surface area contributed by atoms with Gasteiger partial charge in [0.15, 0.2) is 0 Å². The summed E-state index contributed by atoms with van der Waals surface area (Å²) in [6, 6.07) is 7.74. The first-order valence-electron chi connectivity index (χ1n) is 7.95. The maximum atomic E-state index is 12.4. The van der Waals surface area contributed by atoms with Crippen LogP contribution >= 0.6 is 0 Å². The number of amides is 2. The topological polar surface area (TPSA) is 70.4 Å². The van der Waals surface area contributed by atoms with Crippen molar-refractivity contribution in [3.05, 3.63) is 48.5 Å². The van der Waals surface area contributed by atoms with Crippen molar-refractivity contribution in [2.45, 2.75) is 31.8 Å². The number of hydrogen-bond acceptors (Lipinski definition) is 3. The van der Waals surface area contributed by atoms with Gasteiger partial charge in [-0.15, -0.1) is 0 Å². The molecular formula is C17H22N4O2. The first-order valence-corrected chi connectivity index (χ1v) is 7.95. The number of likely N-dealkylation sites (tertiary alicyclic amines) is 1. The lowest BCUT2D eigenvalue weighted by Crippen LogP contribution is -2.44. The summed E-state index contributed by atoms with van der Waals surface area (Å²) in [6.07, 6.45) is 7.19. The first kappa shape index (κ1) is 15.6. The highest BCUT2D eigenvalue weighted by Gasteiger charge is 2.28. The molecule has 1 saturated heterocycles. The number of hydrogen-bond donors (Lipinski definition) is 2. The molecule has 0 aliphatic carbocycles. The number of aliphatic hydroxyl groups excluding tert-OH is 1. The number of carbonyl (C=O) groups excluding carboxylic acids is 1. The van der Waals surface area contributed by atoms with Crippen LogP contribution in [0.5, 0.6) is 0 Å². The average Bonchev–Trinajstić information content (AvgIpc) is 3.26. The fraction of sp³-hybridized carbons (Fsp3) is 0.412. The monoisotopic (exact) mass is 314 g/mol. The molecule has 2 atom stereocenters. The van der Waals surface area contributed by atoms with E-state index in [-0.39, 0.29) is 24.7 Å². The molecule has 2 amide bonds. The molecule has 0 radical (unpaired) electrons. The van der Waals surface area contributed by atoms with Crippen molar-refractivity contribution >= 4 is 6.03 Å². The van der Waals surface area contributed by atoms with E-state index in [9.17, 15) is 9.90 Å². The summed E-state index contributed by atoms with van der Waals surface area (Å²) in [6.45, 7) is 2.70. The Morgan fingerprint density at radius 3 is 3.13 bits per heavy atom. The maximum absolute atomic E-state index is 12.4. The lowest BCUT2D eigenvalue weighted by molar-refractivity contribution is 0.155. The molecule has 23 heavy (non-hydrogen) atoms. The second-order valence-electron chi connectivity index (χ2n) is 5.91. The average molecular weight is 314 g/mol. The van der Waals surface area contributed by atoms with Crippen LogP contribution in [-0.4, -0.2) is 44.8 Å². The van der Waals surface area contributed by atoms with Gasteiger partial charge in [-0.25, -0.2) is 9.78 Å². The first-order chi connectivity index (χ1) is 11.2. The lowest BCUT2D eigenvalue weighted by Gasteiger charge is -2.26. The molecule has 0 spiro atoms. The van der Waals surface area contributed by atoms with Crippen LogP contribution in [0, 0.1) is 0 Å². The summed E-state index contributed by atoms with van der Waals surface area (Å²) < 4.78 is 1.93. The zero-order valence-corrected chi connectivity index (χ0v) is 13.2. The molecular weight excluding hydrogens is 292 g/mol. The van der Waals surface area contributed by atoms with E-state index in [0.29, 0.717) is 6.54 Å². The second kappa shape index (κ2) is 6.83. The Balaban J connectivity index is 1.70. The lowest BCUT2D eigenvalue weighted by atomic mass is 10.1. The fourth-order valence-corrected chi connectivity index (χ4v) is 3.01. The van der Waals surface area contributed by atoms with Crippen LogP contribution in [0.1, 0.15) is 31.4 Å². The van der Waals surface area contributed by atoms with Crippen LogP contribution in [0.25, 0.3) is 5.69 Å². The molecule has 1 aliphatic rings. The Morgan fingerprint density at radius 1 is 1.52 bits per heavy atom. The van der Waals surface area contributed by atoms with E-state index >= 15 is 0 Å². The largest absolute Gasteiger partial charge is 0.394 e. The highest BCUT2D eigenvalue weighted by Crippen LogP contribution is 2.20. The predicted molar refractivity (Wildman–Crippen MR) is 87.3 cm³/mol. The van der Waals surface area contributed by atoms with Gasteiger partial charge in [0.2, 0.25) is 0 Å². The van der Waals surface area contributed by atoms with E-state index in [0.717, 1.165) is 24.1 Å². The highest BCUT2D eigenvalue weighted by molar-refractivity contribution is 5.75. The normalized spacial score (nSPS) is 18.9. The minimum absolute atomic E-state index is 0.0257. The highest BCUT2D eigenvalue weighted by atomic mass is 16.3. The summed E-state index contributed by atoms with van der Waals surface area (Å²) >= 11 is 0. The molecule has 2 aromatic rings. The van der Waals surface area contributed by atoms with Crippen molar-refractivity contribution in [3.63, 3.8) is 0 Å². The SMILES string of the molecule is C[C@H](NC(=O)N1CCC[C@@H]1CO)c1cccc(-n2ccnc2)c1. The third-order valence-corrected chi connectivity index (χ3v) is 4.36. The number of aromatic nitrogens is 2. The van der Waals surface area contributed by atoms with E-state index in [2.05, 4.69) is 10.3 Å². The zero-order valence-electron chi connectivity index (χ0n) is 13.2. The van der Waals surface area contributed by atoms with Crippen LogP contribution in [0.15, 0.2) is 43.0 Å². The molecule has 0 saturated carbocycles. The smallest absolute Gasteiger partial charge is 0.318 e. The quantitative estimate of drug-likeness (QED) is 0.908. The van der Waals surface area contributed by atoms with Gasteiger partial charge in [0.25, 0.3) is 0 Å². The van der Waals surface area contributed by atoms with Gasteiger partial charge in [-0.2, -0.15) is 0 Å². The number of rotatable bonds is 4. The van der Waals surface area contributed by atoms with Crippen LogP contribution in [-0.2, 0) is 0 Å². The zero-order chi connectivity index (χ0) is 16.2. The molecule has 2 N–H and O–H groups in total. The number of nitrogens with one attached hydrogen (secondary N) is 1. The fourth-order valence-electron chi connectivity index (χ4n) is 3.01. The van der Waals surface area contributed by atoms with Crippen molar-refractivity contribution < 1.29 is 9.90 Å². The molecule has 0 bridgehead atoms. The van der Waals surface area contributed by atoms with Gasteiger partial charge >= 0.3 is 6.03 Å². The summed E-state index contributed by atoms with van der Waals surface area (Å²) in [4.78, 5) is 18.2. The van der Waals surface area contributed by atoms with Gasteiger partial charge in [-0.3, -0.25) is 0 Å². The van der Waals surface area contributed by atoms with E-state index in [1.807, 2.05) is 42.0 Å². The molecule has 122 valence electrons. The van der Waals surface area contributed by atoms with E-state index < -0.39 is 0 Å². The minimum Gasteiger partial charge on any atom is -0.394 e. The van der Waals surface area contributed by atoms with Crippen molar-refractivity contribution in [1.29, 1.82) is 0 Å². The van der Waals surface area contributed by atoms with Gasteiger partial charge in [-0.1, -0.05) is 12.1 Å². The van der Waals surface area contributed by atoms with Crippen LogP contribution in [0.3, 0.4) is 0 Å². The molecule has 6 nitrogen and oxygen atoms in total. The van der Waals surface area contributed by atoms with Crippen LogP contribution < -0.4 is 5.32 Å². The predicted octanol–water partition coefficient (Wildman–Crippen LogP) is 2.10. The molecule has 6 heteroatoms. The van der Waals surface area contributed by atoms with Crippen molar-refractivity contribution in [1.82, 2.24) is 19.8 Å². The molecule has 1 aliphatic heterocycles. The molecule has 2 heterocycles. The van der Waals surface area contributed by atoms with Crippen LogP contribution in [0.2, 0.25) is 0 Å². The van der Waals surface area contributed by atoms with E-state index in [1.54, 1.807) is 17.4 Å². The standard InChI is InChI=1S/C17H22N4O2/c1-13(19-17(23)21-8-3-6-16(21)11-22)14-4-2-5-15(10-14)20-9-7-18-12-20/h2,4-5,7,9-10,12-13,16,22H,3,6,8,11H2,1H3,(H,19,23)/t13-,16+/m0/s1. The van der Waals surface area contributed by atoms with E-state index in [4.69, 9.17) is 0 Å². The Kier molecular flexibility index (Phi) is 4.62. The number of urea groups is 1. The van der Waals surface area contributed by atoms with Crippen molar-refractivity contribution in [2.75, 3.05) is 13.2 Å². The van der Waals surface area contributed by atoms with Gasteiger partial charge in [-0.05, 0) is 37.5 Å². The number of imidazole rings is 1. The Morgan fingerprint density at radius 2 is 2.39 bits per heavy atom. The molecule has 1 fully saturated rings. The summed E-state index contributed by atoms with van der Waals surface area (Å²) in [5.41, 5.74) is 2.04. The molecule has 1 aromatic heterocycles. The number of aliphatic hydroxyl groups is 1. The molecule has 1 aromatic carbocycles. The van der Waals surface area contributed by atoms with Gasteiger partial charge in [0, 0.05) is 24.6 Å². The Hall–Kier alpha value is -2.34. The van der Waals surface area contributed by atoms with Gasteiger partial charge in [0.05, 0.1) is 25.0 Å². The molecule has 0 unspecified atom stereocenters. The third kappa shape index (κ3) is 3.37. The Labute approximate surface area is 135 Å². The maximum Gasteiger partial charge on any atom is 0.318 e. The van der Waals surface area contributed by atoms with Crippen LogP contribution in [0.4, 0.5) is 4.79 Å². The van der Waals surface area contributed by atoms with Crippen molar-refractivity contribution in [3.8, 4) is 5.69 Å². The molecule has 3 rings (SSSR count). The Bertz CT molecular complexity index is 656. The van der Waals surface area contributed by atoms with Gasteiger partial charge < -0.3 is 19.9 Å². The number of nitrogens with zero attached hydrogens (tertiary/aromatic N) is 3. The second-order valence-corrected chi connectivity index (χ2v) is 5.91. The van der Waals surface area contributed by atoms with Crippen molar-refractivity contribution in [2.24, 2.45) is 0 Å². The van der Waals surface area contributed by atoms with E-state index in [1.165, 1.54) is 0 Å². The number of benzene rings is 1. The summed E-state index contributed by atoms with van der Waals surface area (Å²) in [5, 5.41) is 12.4. The van der Waals surface area contributed by atoms with Gasteiger partial charge in [0.1, 0.15) is 0 Å². The summed E-state index contributed by atoms with van der Waals surface area (Å²) in [5.74, 6) is 0. The number of carbonyl (C=O) groups is 1. The third-order valence-electron chi connectivity index (χ3n) is 4.36.